The van der Waals surface area contributed by atoms with Crippen molar-refractivity contribution in [3.8, 4) is 0 Å². The first-order valence-electron chi connectivity index (χ1n) is 4.65. The van der Waals surface area contributed by atoms with Gasteiger partial charge >= 0.3 is 0 Å². The predicted octanol–water partition coefficient (Wildman–Crippen LogP) is -0.242. The van der Waals surface area contributed by atoms with Gasteiger partial charge in [-0.2, -0.15) is 0 Å². The van der Waals surface area contributed by atoms with Gasteiger partial charge in [0, 0.05) is 19.9 Å². The van der Waals surface area contributed by atoms with Crippen LogP contribution >= 0.6 is 0 Å². The van der Waals surface area contributed by atoms with Gasteiger partial charge in [0.1, 0.15) is 0 Å². The first kappa shape index (κ1) is 8.54. The molecule has 0 atom stereocenters. The molecule has 68 valence electrons. The maximum atomic E-state index is 11.2. The van der Waals surface area contributed by atoms with Crippen molar-refractivity contribution >= 4 is 19.2 Å². The van der Waals surface area contributed by atoms with E-state index in [0.717, 1.165) is 11.3 Å². The fraction of sp³-hybridized carbons (Fsp3) is 0.556. The molecule has 0 saturated heterocycles. The van der Waals surface area contributed by atoms with Crippen molar-refractivity contribution in [1.29, 1.82) is 0 Å². The lowest BCUT2D eigenvalue weighted by atomic mass is 10.00. The van der Waals surface area contributed by atoms with Crippen LogP contribution in [-0.4, -0.2) is 23.2 Å². The SMILES string of the molecule is Bc1c(C2CC2)nc(C(C)=O)n1C. The molecule has 0 N–H and O–H groups in total. The Bertz CT molecular complexity index is 366. The van der Waals surface area contributed by atoms with Crippen LogP contribution in [0.25, 0.3) is 0 Å². The minimum Gasteiger partial charge on any atom is -0.338 e. The molecule has 1 fully saturated rings. The molecule has 4 heteroatoms. The van der Waals surface area contributed by atoms with E-state index in [4.69, 9.17) is 0 Å². The molecule has 2 rings (SSSR count). The Morgan fingerprint density at radius 2 is 2.23 bits per heavy atom. The van der Waals surface area contributed by atoms with Crippen molar-refractivity contribution in [2.45, 2.75) is 25.7 Å². The Morgan fingerprint density at radius 1 is 1.62 bits per heavy atom. The third-order valence-electron chi connectivity index (χ3n) is 2.70. The topological polar surface area (TPSA) is 34.9 Å². The highest BCUT2D eigenvalue weighted by atomic mass is 16.1. The lowest BCUT2D eigenvalue weighted by Gasteiger charge is -1.98. The van der Waals surface area contributed by atoms with Crippen LogP contribution in [0.1, 0.15) is 42.0 Å². The van der Waals surface area contributed by atoms with E-state index in [1.807, 2.05) is 19.5 Å². The molecule has 1 heterocycles. The molecule has 0 bridgehead atoms. The van der Waals surface area contributed by atoms with Gasteiger partial charge in [-0.15, -0.1) is 0 Å². The first-order chi connectivity index (χ1) is 6.11. The highest BCUT2D eigenvalue weighted by Crippen LogP contribution is 2.38. The molecule has 3 nitrogen and oxygen atoms in total. The molecular weight excluding hydrogens is 163 g/mol. The second kappa shape index (κ2) is 2.72. The second-order valence-electron chi connectivity index (χ2n) is 3.80. The van der Waals surface area contributed by atoms with Crippen LogP contribution in [-0.2, 0) is 7.05 Å². The smallest absolute Gasteiger partial charge is 0.195 e. The molecule has 1 saturated carbocycles. The van der Waals surface area contributed by atoms with E-state index in [1.165, 1.54) is 12.8 Å². The fourth-order valence-corrected chi connectivity index (χ4v) is 1.66. The van der Waals surface area contributed by atoms with E-state index >= 15 is 0 Å². The molecule has 0 unspecified atom stereocenters. The number of Topliss-reactive ketones (excluding diaryl/α,β-unsaturated/α-hetero) is 1. The molecule has 13 heavy (non-hydrogen) atoms. The van der Waals surface area contributed by atoms with E-state index < -0.39 is 0 Å². The van der Waals surface area contributed by atoms with Crippen LogP contribution in [0.3, 0.4) is 0 Å². The summed E-state index contributed by atoms with van der Waals surface area (Å²) >= 11 is 0. The monoisotopic (exact) mass is 176 g/mol. The summed E-state index contributed by atoms with van der Waals surface area (Å²) in [5.74, 6) is 1.27. The average molecular weight is 176 g/mol. The van der Waals surface area contributed by atoms with Gasteiger partial charge in [0.2, 0.25) is 0 Å². The Morgan fingerprint density at radius 3 is 2.62 bits per heavy atom. The normalized spacial score (nSPS) is 16.2. The maximum Gasteiger partial charge on any atom is 0.195 e. The molecule has 0 spiro atoms. The van der Waals surface area contributed by atoms with Crippen molar-refractivity contribution in [2.24, 2.45) is 7.05 Å². The third-order valence-corrected chi connectivity index (χ3v) is 2.70. The number of ketones is 1. The van der Waals surface area contributed by atoms with Crippen LogP contribution in [0.15, 0.2) is 0 Å². The van der Waals surface area contributed by atoms with Crippen LogP contribution in [0.4, 0.5) is 0 Å². The number of carbonyl (C=O) groups excluding carboxylic acids is 1. The fourth-order valence-electron chi connectivity index (χ4n) is 1.66. The zero-order chi connectivity index (χ0) is 9.59. The maximum absolute atomic E-state index is 11.2. The number of carbonyl (C=O) groups is 1. The lowest BCUT2D eigenvalue weighted by Crippen LogP contribution is -2.19. The summed E-state index contributed by atoms with van der Waals surface area (Å²) in [6, 6.07) is 0. The van der Waals surface area contributed by atoms with Gasteiger partial charge in [0.15, 0.2) is 19.5 Å². The highest BCUT2D eigenvalue weighted by molar-refractivity contribution is 6.32. The molecule has 1 aromatic rings. The van der Waals surface area contributed by atoms with Gasteiger partial charge in [0.25, 0.3) is 0 Å². The summed E-state index contributed by atoms with van der Waals surface area (Å²) in [5, 5.41) is 0. The molecule has 1 aliphatic carbocycles. The summed E-state index contributed by atoms with van der Waals surface area (Å²) in [6.07, 6.45) is 2.46. The zero-order valence-electron chi connectivity index (χ0n) is 8.29. The van der Waals surface area contributed by atoms with Gasteiger partial charge < -0.3 is 4.57 Å². The molecule has 0 aliphatic heterocycles. The molecule has 1 aromatic heterocycles. The predicted molar refractivity (Wildman–Crippen MR) is 53.4 cm³/mol. The molecule has 0 amide bonds. The van der Waals surface area contributed by atoms with Gasteiger partial charge in [-0.25, -0.2) is 4.98 Å². The van der Waals surface area contributed by atoms with Crippen molar-refractivity contribution in [2.75, 3.05) is 0 Å². The van der Waals surface area contributed by atoms with Gasteiger partial charge in [-0.05, 0) is 18.4 Å². The van der Waals surface area contributed by atoms with E-state index in [0.29, 0.717) is 11.7 Å². The number of rotatable bonds is 2. The quantitative estimate of drug-likeness (QED) is 0.460. The number of aromatic nitrogens is 2. The second-order valence-corrected chi connectivity index (χ2v) is 3.80. The minimum atomic E-state index is 0.0532. The molecule has 0 aromatic carbocycles. The Labute approximate surface area is 78.6 Å². The summed E-state index contributed by atoms with van der Waals surface area (Å²) in [7, 11) is 3.94. The van der Waals surface area contributed by atoms with Gasteiger partial charge in [-0.3, -0.25) is 4.79 Å². The van der Waals surface area contributed by atoms with E-state index in [-0.39, 0.29) is 5.78 Å². The average Bonchev–Trinajstić information content (AvgIpc) is 2.83. The van der Waals surface area contributed by atoms with Gasteiger partial charge in [-0.1, -0.05) is 0 Å². The van der Waals surface area contributed by atoms with Crippen molar-refractivity contribution in [3.05, 3.63) is 11.5 Å². The molecular formula is C9H13BN2O. The summed E-state index contributed by atoms with van der Waals surface area (Å²) in [5.41, 5.74) is 2.28. The summed E-state index contributed by atoms with van der Waals surface area (Å²) in [6.45, 7) is 1.57. The van der Waals surface area contributed by atoms with Crippen LogP contribution in [0, 0.1) is 0 Å². The minimum absolute atomic E-state index is 0.0532. The summed E-state index contributed by atoms with van der Waals surface area (Å²) < 4.78 is 1.90. The standard InChI is InChI=1S/C9H13BN2O/c1-5(13)9-11-7(6-3-4-6)8(10)12(9)2/h6H,3-4,10H2,1-2H3. The van der Waals surface area contributed by atoms with Crippen LogP contribution < -0.4 is 5.59 Å². The third kappa shape index (κ3) is 1.30. The Kier molecular flexibility index (Phi) is 1.79. The first-order valence-corrected chi connectivity index (χ1v) is 4.65. The number of nitrogens with zero attached hydrogens (tertiary/aromatic N) is 2. The Hall–Kier alpha value is -1.06. The number of imidazole rings is 1. The van der Waals surface area contributed by atoms with E-state index in [1.54, 1.807) is 6.92 Å². The van der Waals surface area contributed by atoms with Crippen LogP contribution in [0.5, 0.6) is 0 Å². The van der Waals surface area contributed by atoms with Gasteiger partial charge in [0.05, 0.1) is 5.69 Å². The lowest BCUT2D eigenvalue weighted by molar-refractivity contribution is 0.100. The number of hydrogen-bond acceptors (Lipinski definition) is 2. The largest absolute Gasteiger partial charge is 0.338 e. The molecule has 0 radical (unpaired) electrons. The van der Waals surface area contributed by atoms with E-state index in [2.05, 4.69) is 4.98 Å². The zero-order valence-corrected chi connectivity index (χ0v) is 8.29. The van der Waals surface area contributed by atoms with Crippen LogP contribution in [0.2, 0.25) is 0 Å². The summed E-state index contributed by atoms with van der Waals surface area (Å²) in [4.78, 5) is 15.6. The van der Waals surface area contributed by atoms with E-state index in [9.17, 15) is 4.79 Å². The number of hydrogen-bond donors (Lipinski definition) is 0. The van der Waals surface area contributed by atoms with Crippen molar-refractivity contribution in [3.63, 3.8) is 0 Å². The van der Waals surface area contributed by atoms with Crippen molar-refractivity contribution in [1.82, 2.24) is 9.55 Å². The highest BCUT2D eigenvalue weighted by Gasteiger charge is 2.29. The molecule has 1 aliphatic rings. The van der Waals surface area contributed by atoms with Crippen molar-refractivity contribution < 1.29 is 4.79 Å². The Balaban J connectivity index is 2.48.